The fourth-order valence-electron chi connectivity index (χ4n) is 1.08. The molecule has 1 nitrogen and oxygen atoms in total. The summed E-state index contributed by atoms with van der Waals surface area (Å²) in [4.78, 5) is 0. The van der Waals surface area contributed by atoms with Crippen molar-refractivity contribution in [2.75, 3.05) is 6.61 Å². The highest BCUT2D eigenvalue weighted by atomic mass is 35.5. The van der Waals surface area contributed by atoms with E-state index in [0.29, 0.717) is 0 Å². The molecule has 1 aliphatic rings. The molecule has 1 aliphatic carbocycles. The summed E-state index contributed by atoms with van der Waals surface area (Å²) in [5.74, 6) is 0. The molecular weight excluding hydrogens is 136 g/mol. The molecule has 9 heavy (non-hydrogen) atoms. The molecule has 2 heteroatoms. The van der Waals surface area contributed by atoms with Crippen LogP contribution in [-0.2, 0) is 0 Å². The molecule has 0 aromatic rings. The first-order valence-corrected chi connectivity index (χ1v) is 3.71. The predicted octanol–water partition coefficient (Wildman–Crippen LogP) is 1.70. The first-order valence-electron chi connectivity index (χ1n) is 3.27. The van der Waals surface area contributed by atoms with Gasteiger partial charge in [-0.1, -0.05) is 6.08 Å². The average molecular weight is 147 g/mol. The molecule has 0 aromatic heterocycles. The largest absolute Gasteiger partial charge is 0.392 e. The van der Waals surface area contributed by atoms with Crippen LogP contribution in [0.1, 0.15) is 19.3 Å². The van der Waals surface area contributed by atoms with Gasteiger partial charge in [0.2, 0.25) is 0 Å². The molecule has 0 saturated carbocycles. The van der Waals surface area contributed by atoms with E-state index < -0.39 is 0 Å². The average Bonchev–Trinajstić information content (AvgIpc) is 1.88. The lowest BCUT2D eigenvalue weighted by atomic mass is 10.0. The highest BCUT2D eigenvalue weighted by Gasteiger charge is 2.08. The van der Waals surface area contributed by atoms with Gasteiger partial charge in [-0.3, -0.25) is 0 Å². The second-order valence-corrected chi connectivity index (χ2v) is 2.95. The van der Waals surface area contributed by atoms with Gasteiger partial charge >= 0.3 is 0 Å². The van der Waals surface area contributed by atoms with Crippen molar-refractivity contribution in [1.29, 1.82) is 0 Å². The summed E-state index contributed by atoms with van der Waals surface area (Å²) < 4.78 is 0. The molecule has 1 N–H and O–H groups in total. The van der Waals surface area contributed by atoms with E-state index >= 15 is 0 Å². The van der Waals surface area contributed by atoms with E-state index in [4.69, 9.17) is 16.7 Å². The van der Waals surface area contributed by atoms with Crippen LogP contribution in [0.5, 0.6) is 0 Å². The van der Waals surface area contributed by atoms with Crippen molar-refractivity contribution in [3.63, 3.8) is 0 Å². The van der Waals surface area contributed by atoms with Crippen LogP contribution >= 0.6 is 11.6 Å². The summed E-state index contributed by atoms with van der Waals surface area (Å²) >= 11 is 5.80. The number of hydrogen-bond acceptors (Lipinski definition) is 1. The quantitative estimate of drug-likeness (QED) is 0.441. The lowest BCUT2D eigenvalue weighted by Crippen LogP contribution is -2.05. The zero-order chi connectivity index (χ0) is 6.69. The van der Waals surface area contributed by atoms with Crippen LogP contribution in [0.25, 0.3) is 0 Å². The number of aliphatic hydroxyl groups is 1. The van der Waals surface area contributed by atoms with Crippen LogP contribution in [0, 0.1) is 0 Å². The maximum Gasteiger partial charge on any atom is 0.0642 e. The molecule has 1 unspecified atom stereocenters. The number of halogens is 1. The Labute approximate surface area is 60.3 Å². The molecule has 0 aliphatic heterocycles. The molecule has 52 valence electrons. The van der Waals surface area contributed by atoms with Gasteiger partial charge in [-0.2, -0.15) is 0 Å². The normalized spacial score (nSPS) is 27.8. The summed E-state index contributed by atoms with van der Waals surface area (Å²) in [5.41, 5.74) is 1.10. The van der Waals surface area contributed by atoms with Gasteiger partial charge in [0.05, 0.1) is 12.0 Å². The van der Waals surface area contributed by atoms with E-state index in [9.17, 15) is 0 Å². The number of allylic oxidation sites excluding steroid dienone is 1. The minimum absolute atomic E-state index is 0.167. The first-order chi connectivity index (χ1) is 4.33. The standard InChI is InChI=1S/C7H11ClO/c8-7-3-1-2-6(4-7)5-9/h4,7,9H,1-3,5H2. The van der Waals surface area contributed by atoms with E-state index in [2.05, 4.69) is 0 Å². The van der Waals surface area contributed by atoms with E-state index in [0.717, 1.165) is 24.8 Å². The van der Waals surface area contributed by atoms with Crippen molar-refractivity contribution in [3.05, 3.63) is 11.6 Å². The van der Waals surface area contributed by atoms with Crippen molar-refractivity contribution >= 4 is 11.6 Å². The van der Waals surface area contributed by atoms with Crippen molar-refractivity contribution in [1.82, 2.24) is 0 Å². The van der Waals surface area contributed by atoms with Gasteiger partial charge in [0.1, 0.15) is 0 Å². The van der Waals surface area contributed by atoms with Crippen LogP contribution in [0.2, 0.25) is 0 Å². The predicted molar refractivity (Wildman–Crippen MR) is 38.7 cm³/mol. The van der Waals surface area contributed by atoms with Gasteiger partial charge in [-0.05, 0) is 24.8 Å². The Kier molecular flexibility index (Phi) is 2.55. The Morgan fingerprint density at radius 3 is 3.00 bits per heavy atom. The van der Waals surface area contributed by atoms with Crippen molar-refractivity contribution in [2.45, 2.75) is 24.6 Å². The Morgan fingerprint density at radius 2 is 2.56 bits per heavy atom. The topological polar surface area (TPSA) is 20.2 Å². The van der Waals surface area contributed by atoms with E-state index in [1.807, 2.05) is 6.08 Å². The molecule has 0 radical (unpaired) electrons. The number of alkyl halides is 1. The van der Waals surface area contributed by atoms with Crippen molar-refractivity contribution in [3.8, 4) is 0 Å². The van der Waals surface area contributed by atoms with Crippen molar-refractivity contribution in [2.24, 2.45) is 0 Å². The summed E-state index contributed by atoms with van der Waals surface area (Å²) in [5, 5.41) is 8.85. The van der Waals surface area contributed by atoms with Crippen LogP contribution in [0.3, 0.4) is 0 Å². The van der Waals surface area contributed by atoms with Gasteiger partial charge in [-0.15, -0.1) is 11.6 Å². The second-order valence-electron chi connectivity index (χ2n) is 2.39. The van der Waals surface area contributed by atoms with E-state index in [-0.39, 0.29) is 12.0 Å². The van der Waals surface area contributed by atoms with Gasteiger partial charge in [0.25, 0.3) is 0 Å². The SMILES string of the molecule is OCC1=CC(Cl)CCC1. The second kappa shape index (κ2) is 3.23. The molecule has 1 atom stereocenters. The van der Waals surface area contributed by atoms with Gasteiger partial charge < -0.3 is 5.11 Å². The molecular formula is C7H11ClO. The Morgan fingerprint density at radius 1 is 1.78 bits per heavy atom. The fourth-order valence-corrected chi connectivity index (χ4v) is 1.41. The van der Waals surface area contributed by atoms with Crippen LogP contribution < -0.4 is 0 Å². The monoisotopic (exact) mass is 146 g/mol. The summed E-state index contributed by atoms with van der Waals surface area (Å²) in [7, 11) is 0. The highest BCUT2D eigenvalue weighted by molar-refractivity contribution is 6.21. The van der Waals surface area contributed by atoms with Crippen LogP contribution in [0.4, 0.5) is 0 Å². The smallest absolute Gasteiger partial charge is 0.0642 e. The van der Waals surface area contributed by atoms with Gasteiger partial charge in [-0.25, -0.2) is 0 Å². The van der Waals surface area contributed by atoms with Crippen LogP contribution in [-0.4, -0.2) is 17.1 Å². The molecule has 0 amide bonds. The maximum absolute atomic E-state index is 8.68. The minimum atomic E-state index is 0.167. The lowest BCUT2D eigenvalue weighted by Gasteiger charge is -2.13. The Hall–Kier alpha value is -0.0100. The van der Waals surface area contributed by atoms with Gasteiger partial charge in [0, 0.05) is 0 Å². The lowest BCUT2D eigenvalue weighted by molar-refractivity contribution is 0.323. The third-order valence-corrected chi connectivity index (χ3v) is 1.94. The minimum Gasteiger partial charge on any atom is -0.392 e. The Bertz CT molecular complexity index is 120. The molecule has 0 saturated heterocycles. The zero-order valence-corrected chi connectivity index (χ0v) is 6.06. The van der Waals surface area contributed by atoms with Crippen LogP contribution in [0.15, 0.2) is 11.6 Å². The molecule has 0 fully saturated rings. The zero-order valence-electron chi connectivity index (χ0n) is 5.31. The van der Waals surface area contributed by atoms with E-state index in [1.165, 1.54) is 0 Å². The molecule has 0 bridgehead atoms. The Balaban J connectivity index is 2.49. The molecule has 0 heterocycles. The number of aliphatic hydroxyl groups excluding tert-OH is 1. The first kappa shape index (κ1) is 7.10. The molecule has 0 aromatic carbocycles. The number of rotatable bonds is 1. The third-order valence-electron chi connectivity index (χ3n) is 1.60. The molecule has 1 rings (SSSR count). The fraction of sp³-hybridized carbons (Fsp3) is 0.714. The van der Waals surface area contributed by atoms with E-state index in [1.54, 1.807) is 0 Å². The maximum atomic E-state index is 8.68. The van der Waals surface area contributed by atoms with Crippen molar-refractivity contribution < 1.29 is 5.11 Å². The van der Waals surface area contributed by atoms with Gasteiger partial charge in [0.15, 0.2) is 0 Å². The highest BCUT2D eigenvalue weighted by Crippen LogP contribution is 2.20. The third kappa shape index (κ3) is 1.99. The number of hydrogen-bond donors (Lipinski definition) is 1. The summed E-state index contributed by atoms with van der Waals surface area (Å²) in [6.45, 7) is 0.184. The summed E-state index contributed by atoms with van der Waals surface area (Å²) in [6.07, 6.45) is 5.18. The summed E-state index contributed by atoms with van der Waals surface area (Å²) in [6, 6.07) is 0. The molecule has 0 spiro atoms.